The number of carbonyl (C=O) groups is 1. The molecule has 0 radical (unpaired) electrons. The smallest absolute Gasteiger partial charge is 0.275 e. The van der Waals surface area contributed by atoms with Gasteiger partial charge in [-0.15, -0.1) is 0 Å². The van der Waals surface area contributed by atoms with E-state index in [9.17, 15) is 9.59 Å². The largest absolute Gasteiger partial charge is 0.354 e. The van der Waals surface area contributed by atoms with Crippen LogP contribution < -0.4 is 10.9 Å². The van der Waals surface area contributed by atoms with Crippen molar-refractivity contribution in [1.29, 1.82) is 0 Å². The summed E-state index contributed by atoms with van der Waals surface area (Å²) in [5.74, 6) is -0.0423. The molecule has 1 N–H and O–H groups in total. The molecule has 4 rings (SSSR count). The minimum Gasteiger partial charge on any atom is -0.354 e. The quantitative estimate of drug-likeness (QED) is 0.592. The molecule has 0 atom stereocenters. The van der Waals surface area contributed by atoms with E-state index in [2.05, 4.69) is 5.32 Å². The number of aromatic nitrogens is 3. The number of aryl methyl sites for hydroxylation is 2. The number of carbonyl (C=O) groups excluding carboxylic acids is 1. The van der Waals surface area contributed by atoms with Crippen molar-refractivity contribution in [1.82, 2.24) is 19.0 Å². The second kappa shape index (κ2) is 6.79. The van der Waals surface area contributed by atoms with Crippen molar-refractivity contribution >= 4 is 27.7 Å². The van der Waals surface area contributed by atoms with E-state index < -0.39 is 0 Å². The van der Waals surface area contributed by atoms with Crippen molar-refractivity contribution in [3.63, 3.8) is 0 Å². The summed E-state index contributed by atoms with van der Waals surface area (Å²) < 4.78 is 5.50. The molecule has 0 fully saturated rings. The first-order chi connectivity index (χ1) is 13.0. The molecule has 0 unspecified atom stereocenters. The normalized spacial score (nSPS) is 11.3. The van der Waals surface area contributed by atoms with Gasteiger partial charge in [0, 0.05) is 62.1 Å². The highest BCUT2D eigenvalue weighted by Crippen LogP contribution is 2.20. The van der Waals surface area contributed by atoms with Crippen LogP contribution in [-0.2, 0) is 31.9 Å². The zero-order valence-electron chi connectivity index (χ0n) is 15.5. The van der Waals surface area contributed by atoms with Gasteiger partial charge in [0.2, 0.25) is 5.91 Å². The van der Waals surface area contributed by atoms with Crippen LogP contribution in [0, 0.1) is 0 Å². The maximum atomic E-state index is 12.6. The van der Waals surface area contributed by atoms with Gasteiger partial charge in [-0.3, -0.25) is 9.59 Å². The zero-order chi connectivity index (χ0) is 19.0. The molecule has 0 aliphatic carbocycles. The molecule has 27 heavy (non-hydrogen) atoms. The Labute approximate surface area is 156 Å². The van der Waals surface area contributed by atoms with E-state index in [4.69, 9.17) is 0 Å². The third-order valence-corrected chi connectivity index (χ3v) is 5.01. The molecule has 3 aromatic heterocycles. The first-order valence-corrected chi connectivity index (χ1v) is 8.99. The topological polar surface area (TPSA) is 61.0 Å². The molecular formula is C21H22N4O2. The van der Waals surface area contributed by atoms with Crippen LogP contribution in [0.1, 0.15) is 5.56 Å². The van der Waals surface area contributed by atoms with Gasteiger partial charge in [0.15, 0.2) is 0 Å². The summed E-state index contributed by atoms with van der Waals surface area (Å²) in [5, 5.41) is 4.95. The van der Waals surface area contributed by atoms with Gasteiger partial charge >= 0.3 is 0 Å². The molecular weight excluding hydrogens is 340 g/mol. The fraction of sp³-hybridized carbons (Fsp3) is 0.238. The van der Waals surface area contributed by atoms with Gasteiger partial charge in [-0.25, -0.2) is 0 Å². The Morgan fingerprint density at radius 3 is 2.67 bits per heavy atom. The van der Waals surface area contributed by atoms with Gasteiger partial charge in [0.25, 0.3) is 5.56 Å². The average molecular weight is 362 g/mol. The number of para-hydroxylation sites is 1. The number of pyridine rings is 1. The number of hydrogen-bond donors (Lipinski definition) is 1. The van der Waals surface area contributed by atoms with Gasteiger partial charge in [-0.2, -0.15) is 0 Å². The van der Waals surface area contributed by atoms with Crippen LogP contribution in [0.15, 0.2) is 59.8 Å². The summed E-state index contributed by atoms with van der Waals surface area (Å²) in [7, 11) is 3.84. The number of nitrogens with zero attached hydrogens (tertiary/aromatic N) is 3. The van der Waals surface area contributed by atoms with E-state index in [1.54, 1.807) is 10.8 Å². The maximum Gasteiger partial charge on any atom is 0.275 e. The van der Waals surface area contributed by atoms with Crippen LogP contribution >= 0.6 is 0 Å². The van der Waals surface area contributed by atoms with E-state index in [0.29, 0.717) is 25.0 Å². The highest BCUT2D eigenvalue weighted by atomic mass is 16.1. The fourth-order valence-electron chi connectivity index (χ4n) is 3.63. The molecule has 4 aromatic rings. The van der Waals surface area contributed by atoms with E-state index in [-0.39, 0.29) is 11.5 Å². The van der Waals surface area contributed by atoms with Gasteiger partial charge < -0.3 is 19.0 Å². The average Bonchev–Trinajstić information content (AvgIpc) is 3.18. The van der Waals surface area contributed by atoms with Crippen molar-refractivity contribution in [2.75, 3.05) is 6.54 Å². The monoisotopic (exact) mass is 362 g/mol. The standard InChI is InChI=1S/C21H22N4O2/c1-23-10-7-15-8-11-25(21(27)20(15)23)12-9-22-19(26)13-16-14-24(2)18-6-4-3-5-17(16)18/h3-8,10-11,14H,9,12-13H2,1-2H3,(H,22,26). The lowest BCUT2D eigenvalue weighted by Gasteiger charge is -2.08. The van der Waals surface area contributed by atoms with Crippen LogP contribution in [0.5, 0.6) is 0 Å². The minimum absolute atomic E-state index is 0.0386. The van der Waals surface area contributed by atoms with Crippen molar-refractivity contribution in [3.8, 4) is 0 Å². The third-order valence-electron chi connectivity index (χ3n) is 5.01. The van der Waals surface area contributed by atoms with Crippen molar-refractivity contribution in [2.24, 2.45) is 14.1 Å². The van der Waals surface area contributed by atoms with Gasteiger partial charge in [-0.1, -0.05) is 18.2 Å². The molecule has 0 saturated carbocycles. The number of benzene rings is 1. The first kappa shape index (κ1) is 17.1. The SMILES string of the molecule is Cn1cc(CC(=O)NCCn2ccc3ccn(C)c3c2=O)c2ccccc21. The summed E-state index contributed by atoms with van der Waals surface area (Å²) in [4.78, 5) is 24.9. The summed E-state index contributed by atoms with van der Waals surface area (Å²) in [5.41, 5.74) is 2.76. The third kappa shape index (κ3) is 3.14. The number of fused-ring (bicyclic) bond motifs is 2. The maximum absolute atomic E-state index is 12.6. The van der Waals surface area contributed by atoms with Gasteiger partial charge in [-0.05, 0) is 23.8 Å². The fourth-order valence-corrected chi connectivity index (χ4v) is 3.63. The number of rotatable bonds is 5. The minimum atomic E-state index is -0.0423. The summed E-state index contributed by atoms with van der Waals surface area (Å²) in [6.07, 6.45) is 5.98. The van der Waals surface area contributed by atoms with Crippen LogP contribution in [0.25, 0.3) is 21.8 Å². The molecule has 0 bridgehead atoms. The molecule has 0 aliphatic rings. The van der Waals surface area contributed by atoms with Crippen molar-refractivity contribution < 1.29 is 4.79 Å². The molecule has 0 spiro atoms. The van der Waals surface area contributed by atoms with Crippen molar-refractivity contribution in [2.45, 2.75) is 13.0 Å². The van der Waals surface area contributed by atoms with Gasteiger partial charge in [0.1, 0.15) is 5.52 Å². The summed E-state index contributed by atoms with van der Waals surface area (Å²) in [6, 6.07) is 11.9. The predicted molar refractivity (Wildman–Crippen MR) is 107 cm³/mol. The van der Waals surface area contributed by atoms with Crippen LogP contribution in [0.3, 0.4) is 0 Å². The molecule has 3 heterocycles. The van der Waals surface area contributed by atoms with E-state index in [1.165, 1.54) is 0 Å². The van der Waals surface area contributed by atoms with Gasteiger partial charge in [0.05, 0.1) is 6.42 Å². The second-order valence-electron chi connectivity index (χ2n) is 6.85. The lowest BCUT2D eigenvalue weighted by atomic mass is 10.1. The lowest BCUT2D eigenvalue weighted by molar-refractivity contribution is -0.120. The van der Waals surface area contributed by atoms with Crippen LogP contribution in [0.2, 0.25) is 0 Å². The summed E-state index contributed by atoms with van der Waals surface area (Å²) >= 11 is 0. The Balaban J connectivity index is 1.42. The Kier molecular flexibility index (Phi) is 4.32. The van der Waals surface area contributed by atoms with E-state index >= 15 is 0 Å². The van der Waals surface area contributed by atoms with E-state index in [1.807, 2.05) is 72.0 Å². The predicted octanol–water partition coefficient (Wildman–Crippen LogP) is 2.19. The Morgan fingerprint density at radius 1 is 1.04 bits per heavy atom. The number of amides is 1. The molecule has 1 amide bonds. The molecule has 0 saturated heterocycles. The van der Waals surface area contributed by atoms with Crippen molar-refractivity contribution in [3.05, 3.63) is 70.9 Å². The van der Waals surface area contributed by atoms with E-state index in [0.717, 1.165) is 21.9 Å². The second-order valence-corrected chi connectivity index (χ2v) is 6.85. The number of nitrogens with one attached hydrogen (secondary N) is 1. The molecule has 138 valence electrons. The Bertz CT molecular complexity index is 1200. The Morgan fingerprint density at radius 2 is 1.81 bits per heavy atom. The summed E-state index contributed by atoms with van der Waals surface area (Å²) in [6.45, 7) is 0.862. The molecule has 1 aromatic carbocycles. The molecule has 6 heteroatoms. The zero-order valence-corrected chi connectivity index (χ0v) is 15.5. The first-order valence-electron chi connectivity index (χ1n) is 8.99. The Hall–Kier alpha value is -3.28. The number of hydrogen-bond acceptors (Lipinski definition) is 2. The highest BCUT2D eigenvalue weighted by molar-refractivity contribution is 5.89. The lowest BCUT2D eigenvalue weighted by Crippen LogP contribution is -2.31. The van der Waals surface area contributed by atoms with Crippen LogP contribution in [-0.4, -0.2) is 26.2 Å². The highest BCUT2D eigenvalue weighted by Gasteiger charge is 2.11. The molecule has 6 nitrogen and oxygen atoms in total. The molecule has 0 aliphatic heterocycles. The van der Waals surface area contributed by atoms with Crippen LogP contribution in [0.4, 0.5) is 0 Å².